The van der Waals surface area contributed by atoms with Crippen LogP contribution in [-0.2, 0) is 9.59 Å². The van der Waals surface area contributed by atoms with Crippen LogP contribution in [0.1, 0.15) is 38.1 Å². The standard InChI is InChI=1S/C21H24N2O4/c1-14(24)16-9-8-12-18(13-16)27-15(2)19(25)23-21(3,4)20(26)22-17-10-6-5-7-11-17/h5-13,15H,1-4H3,(H,22,26)(H,23,25). The van der Waals surface area contributed by atoms with Crippen LogP contribution in [0.3, 0.4) is 0 Å². The van der Waals surface area contributed by atoms with Crippen LogP contribution >= 0.6 is 0 Å². The van der Waals surface area contributed by atoms with Gasteiger partial charge in [0, 0.05) is 11.3 Å². The van der Waals surface area contributed by atoms with Gasteiger partial charge in [0.05, 0.1) is 0 Å². The van der Waals surface area contributed by atoms with Crippen molar-refractivity contribution < 1.29 is 19.1 Å². The van der Waals surface area contributed by atoms with Crippen molar-refractivity contribution in [3.05, 3.63) is 60.2 Å². The lowest BCUT2D eigenvalue weighted by molar-refractivity contribution is -0.133. The summed E-state index contributed by atoms with van der Waals surface area (Å²) in [6.07, 6.45) is -0.837. The minimum atomic E-state index is -1.13. The molecule has 0 saturated heterocycles. The largest absolute Gasteiger partial charge is 0.481 e. The molecule has 2 aromatic rings. The highest BCUT2D eigenvalue weighted by molar-refractivity contribution is 6.00. The Bertz CT molecular complexity index is 831. The number of hydrogen-bond acceptors (Lipinski definition) is 4. The van der Waals surface area contributed by atoms with Gasteiger partial charge in [0.25, 0.3) is 5.91 Å². The van der Waals surface area contributed by atoms with E-state index in [4.69, 9.17) is 4.74 Å². The van der Waals surface area contributed by atoms with Crippen LogP contribution in [0.5, 0.6) is 5.75 Å². The van der Waals surface area contributed by atoms with Gasteiger partial charge < -0.3 is 15.4 Å². The summed E-state index contributed by atoms with van der Waals surface area (Å²) < 4.78 is 5.61. The zero-order valence-electron chi connectivity index (χ0n) is 15.9. The average Bonchev–Trinajstić information content (AvgIpc) is 2.62. The van der Waals surface area contributed by atoms with E-state index < -0.39 is 17.6 Å². The quantitative estimate of drug-likeness (QED) is 0.735. The monoisotopic (exact) mass is 368 g/mol. The Kier molecular flexibility index (Phi) is 6.34. The first kappa shape index (κ1) is 20.2. The number of nitrogens with one attached hydrogen (secondary N) is 2. The molecule has 2 amide bonds. The fraction of sp³-hybridized carbons (Fsp3) is 0.286. The molecule has 1 atom stereocenters. The lowest BCUT2D eigenvalue weighted by Gasteiger charge is -2.27. The normalized spacial score (nSPS) is 12.0. The summed E-state index contributed by atoms with van der Waals surface area (Å²) in [5.74, 6) is -0.447. The summed E-state index contributed by atoms with van der Waals surface area (Å²) in [4.78, 5) is 36.4. The molecule has 27 heavy (non-hydrogen) atoms. The van der Waals surface area contributed by atoms with Crippen molar-refractivity contribution in [2.24, 2.45) is 0 Å². The molecule has 0 aliphatic rings. The number of rotatable bonds is 7. The molecule has 1 unspecified atom stereocenters. The Morgan fingerprint density at radius 2 is 1.67 bits per heavy atom. The van der Waals surface area contributed by atoms with E-state index in [-0.39, 0.29) is 11.7 Å². The highest BCUT2D eigenvalue weighted by Crippen LogP contribution is 2.16. The number of amides is 2. The van der Waals surface area contributed by atoms with E-state index >= 15 is 0 Å². The minimum absolute atomic E-state index is 0.0868. The molecule has 6 nitrogen and oxygen atoms in total. The Balaban J connectivity index is 1.98. The summed E-state index contributed by atoms with van der Waals surface area (Å²) >= 11 is 0. The van der Waals surface area contributed by atoms with Gasteiger partial charge in [-0.25, -0.2) is 0 Å². The molecule has 0 aromatic heterocycles. The van der Waals surface area contributed by atoms with Crippen LogP contribution < -0.4 is 15.4 Å². The number of ether oxygens (including phenoxy) is 1. The molecule has 0 radical (unpaired) electrons. The molecule has 0 saturated carbocycles. The van der Waals surface area contributed by atoms with Crippen LogP contribution in [0.4, 0.5) is 5.69 Å². The third kappa shape index (κ3) is 5.67. The maximum Gasteiger partial charge on any atom is 0.261 e. The van der Waals surface area contributed by atoms with Gasteiger partial charge in [-0.05, 0) is 52.0 Å². The van der Waals surface area contributed by atoms with Crippen molar-refractivity contribution in [1.82, 2.24) is 5.32 Å². The van der Waals surface area contributed by atoms with Gasteiger partial charge in [-0.1, -0.05) is 30.3 Å². The van der Waals surface area contributed by atoms with Gasteiger partial charge in [-0.3, -0.25) is 14.4 Å². The second-order valence-corrected chi connectivity index (χ2v) is 6.78. The molecule has 0 aliphatic carbocycles. The maximum atomic E-state index is 12.5. The van der Waals surface area contributed by atoms with Gasteiger partial charge in [-0.2, -0.15) is 0 Å². The SMILES string of the molecule is CC(=O)c1cccc(OC(C)C(=O)NC(C)(C)C(=O)Nc2ccccc2)c1. The fourth-order valence-electron chi connectivity index (χ4n) is 2.32. The summed E-state index contributed by atoms with van der Waals surface area (Å²) in [6, 6.07) is 15.6. The fourth-order valence-corrected chi connectivity index (χ4v) is 2.32. The van der Waals surface area contributed by atoms with Crippen molar-refractivity contribution in [1.29, 1.82) is 0 Å². The first-order chi connectivity index (χ1) is 12.7. The van der Waals surface area contributed by atoms with Crippen LogP contribution in [0.15, 0.2) is 54.6 Å². The van der Waals surface area contributed by atoms with E-state index in [2.05, 4.69) is 10.6 Å². The Labute approximate surface area is 158 Å². The van der Waals surface area contributed by atoms with Gasteiger partial charge in [0.15, 0.2) is 11.9 Å². The van der Waals surface area contributed by atoms with Crippen molar-refractivity contribution in [2.75, 3.05) is 5.32 Å². The number of ketones is 1. The predicted octanol–water partition coefficient (Wildman–Crippen LogP) is 3.19. The molecule has 6 heteroatoms. The molecule has 0 aliphatic heterocycles. The highest BCUT2D eigenvalue weighted by Gasteiger charge is 2.31. The number of benzene rings is 2. The third-order valence-corrected chi connectivity index (χ3v) is 3.96. The molecule has 0 bridgehead atoms. The lowest BCUT2D eigenvalue weighted by atomic mass is 10.0. The third-order valence-electron chi connectivity index (χ3n) is 3.96. The number of hydrogen-bond donors (Lipinski definition) is 2. The van der Waals surface area contributed by atoms with Crippen LogP contribution in [0.2, 0.25) is 0 Å². The first-order valence-electron chi connectivity index (χ1n) is 8.65. The number of carbonyl (C=O) groups excluding carboxylic acids is 3. The van der Waals surface area contributed by atoms with Crippen molar-refractivity contribution >= 4 is 23.3 Å². The first-order valence-corrected chi connectivity index (χ1v) is 8.65. The molecular formula is C21H24N2O4. The van der Waals surface area contributed by atoms with E-state index in [1.165, 1.54) is 6.92 Å². The van der Waals surface area contributed by atoms with E-state index in [9.17, 15) is 14.4 Å². The van der Waals surface area contributed by atoms with Gasteiger partial charge in [-0.15, -0.1) is 0 Å². The van der Waals surface area contributed by atoms with Crippen molar-refractivity contribution in [3.8, 4) is 5.75 Å². The highest BCUT2D eigenvalue weighted by atomic mass is 16.5. The molecule has 0 heterocycles. The van der Waals surface area contributed by atoms with Gasteiger partial charge in [0.1, 0.15) is 11.3 Å². The summed E-state index contributed by atoms with van der Waals surface area (Å²) in [7, 11) is 0. The van der Waals surface area contributed by atoms with Crippen molar-refractivity contribution in [2.45, 2.75) is 39.3 Å². The predicted molar refractivity (Wildman–Crippen MR) is 104 cm³/mol. The average molecular weight is 368 g/mol. The molecule has 0 spiro atoms. The smallest absolute Gasteiger partial charge is 0.261 e. The molecule has 2 aromatic carbocycles. The minimum Gasteiger partial charge on any atom is -0.481 e. The van der Waals surface area contributed by atoms with E-state index in [0.29, 0.717) is 17.0 Å². The van der Waals surface area contributed by atoms with E-state index in [1.807, 2.05) is 18.2 Å². The maximum absolute atomic E-state index is 12.5. The Morgan fingerprint density at radius 1 is 1.00 bits per heavy atom. The second kappa shape index (κ2) is 8.49. The molecular weight excluding hydrogens is 344 g/mol. The topological polar surface area (TPSA) is 84.5 Å². The van der Waals surface area contributed by atoms with E-state index in [0.717, 1.165) is 0 Å². The van der Waals surface area contributed by atoms with Crippen LogP contribution in [0.25, 0.3) is 0 Å². The zero-order chi connectivity index (χ0) is 20.0. The number of carbonyl (C=O) groups is 3. The molecule has 2 N–H and O–H groups in total. The second-order valence-electron chi connectivity index (χ2n) is 6.78. The van der Waals surface area contributed by atoms with Gasteiger partial charge in [0.2, 0.25) is 5.91 Å². The van der Waals surface area contributed by atoms with Crippen molar-refractivity contribution in [3.63, 3.8) is 0 Å². The molecule has 0 fully saturated rings. The zero-order valence-corrected chi connectivity index (χ0v) is 15.9. The van der Waals surface area contributed by atoms with Crippen LogP contribution in [0, 0.1) is 0 Å². The Hall–Kier alpha value is -3.15. The summed E-state index contributed by atoms with van der Waals surface area (Å²) in [5.41, 5.74) is 0.0176. The number of Topliss-reactive ketones (excluding diaryl/α,β-unsaturated/α-hetero) is 1. The Morgan fingerprint density at radius 3 is 2.30 bits per heavy atom. The summed E-state index contributed by atoms with van der Waals surface area (Å²) in [5, 5.41) is 5.45. The number of para-hydroxylation sites is 1. The summed E-state index contributed by atoms with van der Waals surface area (Å²) in [6.45, 7) is 6.28. The van der Waals surface area contributed by atoms with Crippen LogP contribution in [-0.4, -0.2) is 29.2 Å². The molecule has 2 rings (SSSR count). The van der Waals surface area contributed by atoms with E-state index in [1.54, 1.807) is 57.2 Å². The molecule has 142 valence electrons. The van der Waals surface area contributed by atoms with Gasteiger partial charge >= 0.3 is 0 Å². The number of anilines is 1. The lowest BCUT2D eigenvalue weighted by Crippen LogP contribution is -2.55.